The van der Waals surface area contributed by atoms with E-state index in [0.29, 0.717) is 6.10 Å². The third-order valence-electron chi connectivity index (χ3n) is 0.488. The van der Waals surface area contributed by atoms with Crippen molar-refractivity contribution in [2.24, 2.45) is 0 Å². The Hall–Kier alpha value is 0.310. The summed E-state index contributed by atoms with van der Waals surface area (Å²) in [4.78, 5) is 0. The van der Waals surface area contributed by atoms with E-state index in [2.05, 4.69) is 6.92 Å². The molecule has 1 radical (unpaired) electrons. The highest BCUT2D eigenvalue weighted by atomic mass is 32.2. The topological polar surface area (TPSA) is 9.23 Å². The lowest BCUT2D eigenvalue weighted by Gasteiger charge is -2.02. The molecule has 0 heterocycles. The quantitative estimate of drug-likeness (QED) is 0.430. The Morgan fingerprint density at radius 2 is 2.25 bits per heavy atom. The van der Waals surface area contributed by atoms with Crippen molar-refractivity contribution < 1.29 is 4.18 Å². The van der Waals surface area contributed by atoms with Crippen LogP contribution < -0.4 is 0 Å². The van der Waals surface area contributed by atoms with Gasteiger partial charge in [0.1, 0.15) is 0 Å². The van der Waals surface area contributed by atoms with E-state index in [4.69, 9.17) is 4.18 Å². The normalized spacial score (nSPS) is 10.5. The van der Waals surface area contributed by atoms with E-state index in [0.717, 1.165) is 12.2 Å². The Kier molecular flexibility index (Phi) is 5.66. The third-order valence-corrected chi connectivity index (χ3v) is 1.46. The van der Waals surface area contributed by atoms with Crippen LogP contribution in [0.15, 0.2) is 0 Å². The van der Waals surface area contributed by atoms with Crippen LogP contribution in [0.25, 0.3) is 0 Å². The van der Waals surface area contributed by atoms with Crippen molar-refractivity contribution in [1.29, 1.82) is 0 Å². The van der Waals surface area contributed by atoms with Crippen LogP contribution in [0.1, 0.15) is 20.3 Å². The highest BCUT2D eigenvalue weighted by Gasteiger charge is 1.90. The summed E-state index contributed by atoms with van der Waals surface area (Å²) in [7, 11) is 0. The van der Waals surface area contributed by atoms with Crippen molar-refractivity contribution >= 4 is 12.0 Å². The van der Waals surface area contributed by atoms with Gasteiger partial charge in [-0.2, -0.15) is 0 Å². The van der Waals surface area contributed by atoms with Gasteiger partial charge < -0.3 is 4.18 Å². The maximum atomic E-state index is 5.16. The molecule has 0 atom stereocenters. The minimum Gasteiger partial charge on any atom is -0.313 e. The van der Waals surface area contributed by atoms with Gasteiger partial charge in [-0.1, -0.05) is 6.92 Å². The molecule has 0 aliphatic rings. The molecule has 1 nitrogen and oxygen atoms in total. The summed E-state index contributed by atoms with van der Waals surface area (Å²) >= 11 is 1.50. The first-order chi connectivity index (χ1) is 3.77. The molecule has 0 fully saturated rings. The van der Waals surface area contributed by atoms with Crippen LogP contribution in [0, 0.1) is 6.92 Å². The van der Waals surface area contributed by atoms with Crippen molar-refractivity contribution in [3.05, 3.63) is 6.92 Å². The molecular weight excluding hydrogens is 120 g/mol. The fourth-order valence-corrected chi connectivity index (χ4v) is 0.729. The SMILES string of the molecule is [CH2]CCSOC(C)C. The zero-order chi connectivity index (χ0) is 6.41. The minimum absolute atomic E-state index is 0.339. The minimum atomic E-state index is 0.339. The first-order valence-corrected chi connectivity index (χ1v) is 3.76. The van der Waals surface area contributed by atoms with Gasteiger partial charge in [-0.05, 0) is 32.3 Å². The molecule has 0 aromatic rings. The van der Waals surface area contributed by atoms with Crippen molar-refractivity contribution in [2.75, 3.05) is 5.75 Å². The predicted molar refractivity (Wildman–Crippen MR) is 38.7 cm³/mol. The van der Waals surface area contributed by atoms with Crippen molar-refractivity contribution in [3.63, 3.8) is 0 Å². The molecule has 0 saturated heterocycles. The lowest BCUT2D eigenvalue weighted by Crippen LogP contribution is -1.94. The van der Waals surface area contributed by atoms with E-state index in [1.165, 1.54) is 12.0 Å². The molecule has 0 bridgehead atoms. The molecule has 8 heavy (non-hydrogen) atoms. The van der Waals surface area contributed by atoms with Crippen LogP contribution in [-0.4, -0.2) is 11.9 Å². The predicted octanol–water partition coefficient (Wildman–Crippen LogP) is 2.28. The highest BCUT2D eigenvalue weighted by molar-refractivity contribution is 7.94. The summed E-state index contributed by atoms with van der Waals surface area (Å²) in [6.07, 6.45) is 1.28. The Bertz CT molecular complexity index is 45.8. The number of rotatable bonds is 4. The van der Waals surface area contributed by atoms with E-state index < -0.39 is 0 Å². The van der Waals surface area contributed by atoms with Crippen molar-refractivity contribution in [3.8, 4) is 0 Å². The molecular formula is C6H13OS. The Morgan fingerprint density at radius 3 is 2.62 bits per heavy atom. The van der Waals surface area contributed by atoms with Gasteiger partial charge in [0.05, 0.1) is 6.10 Å². The average Bonchev–Trinajstić information content (AvgIpc) is 1.66. The van der Waals surface area contributed by atoms with Crippen LogP contribution in [0.2, 0.25) is 0 Å². The lowest BCUT2D eigenvalue weighted by molar-refractivity contribution is 0.289. The van der Waals surface area contributed by atoms with Crippen LogP contribution in [0.3, 0.4) is 0 Å². The average molecular weight is 133 g/mol. The maximum Gasteiger partial charge on any atom is 0.0666 e. The van der Waals surface area contributed by atoms with Crippen molar-refractivity contribution in [1.82, 2.24) is 0 Å². The molecule has 0 unspecified atom stereocenters. The second-order valence-electron chi connectivity index (χ2n) is 1.82. The van der Waals surface area contributed by atoms with E-state index in [9.17, 15) is 0 Å². The molecule has 49 valence electrons. The molecule has 0 N–H and O–H groups in total. The largest absolute Gasteiger partial charge is 0.313 e. The van der Waals surface area contributed by atoms with Gasteiger partial charge in [-0.3, -0.25) is 0 Å². The molecule has 0 rings (SSSR count). The molecule has 0 saturated carbocycles. The first kappa shape index (κ1) is 8.31. The lowest BCUT2D eigenvalue weighted by atomic mass is 10.5. The van der Waals surface area contributed by atoms with E-state index >= 15 is 0 Å². The molecule has 0 aromatic carbocycles. The Labute approximate surface area is 56.0 Å². The molecule has 0 amide bonds. The van der Waals surface area contributed by atoms with Gasteiger partial charge in [0, 0.05) is 5.75 Å². The maximum absolute atomic E-state index is 5.16. The van der Waals surface area contributed by atoms with Gasteiger partial charge in [0.15, 0.2) is 0 Å². The monoisotopic (exact) mass is 133 g/mol. The zero-order valence-corrected chi connectivity index (χ0v) is 6.33. The molecule has 0 aromatic heterocycles. The standard InChI is InChI=1S/C6H13OS/c1-4-5-8-7-6(2)3/h6H,1,4-5H2,2-3H3. The second-order valence-corrected chi connectivity index (χ2v) is 2.66. The number of hydrogen-bond donors (Lipinski definition) is 0. The van der Waals surface area contributed by atoms with Crippen molar-refractivity contribution in [2.45, 2.75) is 26.4 Å². The smallest absolute Gasteiger partial charge is 0.0666 e. The van der Waals surface area contributed by atoms with Crippen LogP contribution in [-0.2, 0) is 4.18 Å². The highest BCUT2D eigenvalue weighted by Crippen LogP contribution is 2.06. The molecule has 0 spiro atoms. The van der Waals surface area contributed by atoms with E-state index in [1.807, 2.05) is 13.8 Å². The van der Waals surface area contributed by atoms with E-state index in [-0.39, 0.29) is 0 Å². The summed E-state index contributed by atoms with van der Waals surface area (Å²) in [5.41, 5.74) is 0. The third kappa shape index (κ3) is 6.31. The van der Waals surface area contributed by atoms with Gasteiger partial charge in [0.2, 0.25) is 0 Å². The van der Waals surface area contributed by atoms with Crippen LogP contribution >= 0.6 is 12.0 Å². The fourth-order valence-electron chi connectivity index (χ4n) is 0.243. The van der Waals surface area contributed by atoms with Crippen LogP contribution in [0.5, 0.6) is 0 Å². The second kappa shape index (κ2) is 5.45. The molecule has 2 heteroatoms. The summed E-state index contributed by atoms with van der Waals surface area (Å²) in [5.74, 6) is 0.998. The van der Waals surface area contributed by atoms with Gasteiger partial charge in [-0.15, -0.1) is 0 Å². The summed E-state index contributed by atoms with van der Waals surface area (Å²) < 4.78 is 5.16. The van der Waals surface area contributed by atoms with Crippen LogP contribution in [0.4, 0.5) is 0 Å². The zero-order valence-electron chi connectivity index (χ0n) is 5.52. The number of hydrogen-bond acceptors (Lipinski definition) is 2. The van der Waals surface area contributed by atoms with Gasteiger partial charge in [0.25, 0.3) is 0 Å². The Morgan fingerprint density at radius 1 is 1.62 bits per heavy atom. The van der Waals surface area contributed by atoms with E-state index in [1.54, 1.807) is 0 Å². The summed E-state index contributed by atoms with van der Waals surface area (Å²) in [6.45, 7) is 7.73. The summed E-state index contributed by atoms with van der Waals surface area (Å²) in [6, 6.07) is 0. The molecule has 0 aliphatic carbocycles. The van der Waals surface area contributed by atoms with Gasteiger partial charge >= 0.3 is 0 Å². The molecule has 0 aliphatic heterocycles. The van der Waals surface area contributed by atoms with Gasteiger partial charge in [-0.25, -0.2) is 0 Å². The Balaban J connectivity index is 2.72. The fraction of sp³-hybridized carbons (Fsp3) is 0.833. The summed E-state index contributed by atoms with van der Waals surface area (Å²) in [5, 5.41) is 0. The first-order valence-electron chi connectivity index (χ1n) is 2.85.